The summed E-state index contributed by atoms with van der Waals surface area (Å²) in [6, 6.07) is 7.44. The van der Waals surface area contributed by atoms with Crippen LogP contribution in [0.5, 0.6) is 0 Å². The van der Waals surface area contributed by atoms with Crippen molar-refractivity contribution in [2.45, 2.75) is 30.5 Å². The molecule has 0 saturated heterocycles. The summed E-state index contributed by atoms with van der Waals surface area (Å²) in [6.45, 7) is -0.806. The van der Waals surface area contributed by atoms with Crippen LogP contribution >= 0.6 is 0 Å². The molecule has 2 aliphatic rings. The molecular formula is C21H17FN4O4S. The molecule has 2 heterocycles. The highest BCUT2D eigenvalue weighted by Gasteiger charge is 2.42. The van der Waals surface area contributed by atoms with E-state index in [0.29, 0.717) is 11.4 Å². The molecule has 0 spiro atoms. The smallest absolute Gasteiger partial charge is 0.326 e. The molecule has 1 aliphatic heterocycles. The Morgan fingerprint density at radius 3 is 2.71 bits per heavy atom. The molecule has 0 fully saturated rings. The Bertz CT molecular complexity index is 1300. The number of ketones is 1. The molecule has 1 aliphatic carbocycles. The third-order valence-electron chi connectivity index (χ3n) is 5.28. The fourth-order valence-corrected chi connectivity index (χ4v) is 4.91. The van der Waals surface area contributed by atoms with Crippen molar-refractivity contribution >= 4 is 27.3 Å². The normalized spacial score (nSPS) is 18.6. The number of carbonyl (C=O) groups excluding carboxylic acids is 2. The first-order chi connectivity index (χ1) is 14.7. The van der Waals surface area contributed by atoms with Crippen molar-refractivity contribution in [3.63, 3.8) is 0 Å². The van der Waals surface area contributed by atoms with E-state index in [-0.39, 0.29) is 45.9 Å². The molecule has 1 aromatic heterocycles. The first kappa shape index (κ1) is 20.7. The minimum Gasteiger partial charge on any atom is -0.326 e. The van der Waals surface area contributed by atoms with E-state index in [1.165, 1.54) is 41.4 Å². The van der Waals surface area contributed by atoms with Crippen LogP contribution in [0.1, 0.15) is 35.7 Å². The molecule has 0 bridgehead atoms. The molecule has 10 heteroatoms. The lowest BCUT2D eigenvalue weighted by molar-refractivity contribution is -0.115. The number of nitrogens with one attached hydrogen (secondary N) is 1. The van der Waals surface area contributed by atoms with E-state index in [4.69, 9.17) is 5.26 Å². The van der Waals surface area contributed by atoms with Crippen molar-refractivity contribution < 1.29 is 22.4 Å². The van der Waals surface area contributed by atoms with Crippen LogP contribution in [0, 0.1) is 11.3 Å². The largest absolute Gasteiger partial charge is 0.327 e. The number of pyridine rings is 1. The van der Waals surface area contributed by atoms with Gasteiger partial charge in [0.2, 0.25) is 0 Å². The fraction of sp³-hybridized carbons (Fsp3) is 0.238. The topological polar surface area (TPSA) is 120 Å². The van der Waals surface area contributed by atoms with Gasteiger partial charge in [-0.25, -0.2) is 17.6 Å². The van der Waals surface area contributed by atoms with Crippen LogP contribution in [0.3, 0.4) is 0 Å². The van der Waals surface area contributed by atoms with Crippen LogP contribution in [0.2, 0.25) is 0 Å². The highest BCUT2D eigenvalue weighted by Crippen LogP contribution is 2.42. The number of halogens is 1. The zero-order valence-corrected chi connectivity index (χ0v) is 17.2. The van der Waals surface area contributed by atoms with Crippen LogP contribution < -0.4 is 10.2 Å². The van der Waals surface area contributed by atoms with E-state index in [1.807, 2.05) is 6.07 Å². The minimum absolute atomic E-state index is 0.125. The number of Topliss-reactive ketones (excluding diaryl/α,β-unsaturated/α-hetero) is 1. The Morgan fingerprint density at radius 2 is 2.03 bits per heavy atom. The number of nitriles is 1. The molecule has 1 unspecified atom stereocenters. The number of aromatic nitrogens is 1. The fourth-order valence-electron chi connectivity index (χ4n) is 3.95. The second-order valence-corrected chi connectivity index (χ2v) is 9.26. The van der Waals surface area contributed by atoms with Crippen molar-refractivity contribution in [3.8, 4) is 6.07 Å². The van der Waals surface area contributed by atoms with Crippen LogP contribution in [0.4, 0.5) is 14.9 Å². The molecule has 2 aromatic rings. The zero-order valence-electron chi connectivity index (χ0n) is 16.4. The summed E-state index contributed by atoms with van der Waals surface area (Å²) < 4.78 is 37.9. The van der Waals surface area contributed by atoms with E-state index < -0.39 is 28.6 Å². The lowest BCUT2D eigenvalue weighted by atomic mass is 9.94. The maximum absolute atomic E-state index is 13.1. The standard InChI is InChI=1S/C21H17FN4O4S/c1-31(29,30)18-8-12(11-23)2-3-15(18)20-19-16(4-5-17(19)27)26(21(28)25-20)14-6-7-24-13(9-14)10-22/h2-3,6-9,20H,4-5,10H2,1H3,(H,25,28). The zero-order chi connectivity index (χ0) is 22.3. The number of hydrogen-bond donors (Lipinski definition) is 1. The second-order valence-electron chi connectivity index (χ2n) is 7.28. The molecule has 4 rings (SSSR count). The summed E-state index contributed by atoms with van der Waals surface area (Å²) in [5.74, 6) is -0.214. The number of allylic oxidation sites excluding steroid dienone is 1. The predicted octanol–water partition coefficient (Wildman–Crippen LogP) is 2.71. The van der Waals surface area contributed by atoms with E-state index in [0.717, 1.165) is 6.26 Å². The molecule has 1 atom stereocenters. The van der Waals surface area contributed by atoms with Gasteiger partial charge in [0, 0.05) is 30.1 Å². The Morgan fingerprint density at radius 1 is 1.26 bits per heavy atom. The third-order valence-corrected chi connectivity index (χ3v) is 6.43. The van der Waals surface area contributed by atoms with E-state index in [2.05, 4.69) is 10.3 Å². The van der Waals surface area contributed by atoms with Crippen LogP contribution in [0.15, 0.2) is 52.7 Å². The number of nitrogens with zero attached hydrogens (tertiary/aromatic N) is 3. The number of amides is 2. The highest BCUT2D eigenvalue weighted by molar-refractivity contribution is 7.90. The molecule has 1 N–H and O–H groups in total. The van der Waals surface area contributed by atoms with Crippen LogP contribution in [0.25, 0.3) is 0 Å². The van der Waals surface area contributed by atoms with Gasteiger partial charge in [0.1, 0.15) is 6.67 Å². The number of rotatable bonds is 4. The second kappa shape index (κ2) is 7.59. The average molecular weight is 440 g/mol. The summed E-state index contributed by atoms with van der Waals surface area (Å²) in [5.41, 5.74) is 1.60. The molecule has 8 nitrogen and oxygen atoms in total. The molecule has 31 heavy (non-hydrogen) atoms. The lowest BCUT2D eigenvalue weighted by Gasteiger charge is -2.35. The Balaban J connectivity index is 1.90. The Kier molecular flexibility index (Phi) is 5.07. The third kappa shape index (κ3) is 3.57. The number of urea groups is 1. The maximum Gasteiger partial charge on any atom is 0.327 e. The van der Waals surface area contributed by atoms with Crippen molar-refractivity contribution in [2.75, 3.05) is 11.2 Å². The number of benzene rings is 1. The summed E-state index contributed by atoms with van der Waals surface area (Å²) >= 11 is 0. The summed E-state index contributed by atoms with van der Waals surface area (Å²) in [4.78, 5) is 30.9. The molecule has 0 radical (unpaired) electrons. The van der Waals surface area contributed by atoms with Crippen molar-refractivity contribution in [2.24, 2.45) is 0 Å². The van der Waals surface area contributed by atoms with Crippen LogP contribution in [-0.4, -0.2) is 31.5 Å². The van der Waals surface area contributed by atoms with Crippen molar-refractivity contribution in [3.05, 3.63) is 64.6 Å². The molecule has 158 valence electrons. The summed E-state index contributed by atoms with van der Waals surface area (Å²) in [7, 11) is -3.75. The van der Waals surface area contributed by atoms with Gasteiger partial charge in [-0.1, -0.05) is 6.07 Å². The SMILES string of the molecule is CS(=O)(=O)c1cc(C#N)ccc1C1NC(=O)N(c2ccnc(CF)c2)C2=C1C(=O)CC2. The lowest BCUT2D eigenvalue weighted by Crippen LogP contribution is -2.47. The van der Waals surface area contributed by atoms with Gasteiger partial charge in [0.25, 0.3) is 0 Å². The van der Waals surface area contributed by atoms with Gasteiger partial charge in [-0.05, 0) is 36.2 Å². The molecule has 1 aromatic carbocycles. The van der Waals surface area contributed by atoms with E-state index in [9.17, 15) is 22.4 Å². The minimum atomic E-state index is -3.75. The summed E-state index contributed by atoms with van der Waals surface area (Å²) in [5, 5.41) is 11.9. The van der Waals surface area contributed by atoms with Crippen molar-refractivity contribution in [1.29, 1.82) is 5.26 Å². The molecule has 2 amide bonds. The highest BCUT2D eigenvalue weighted by atomic mass is 32.2. The Labute approximate surface area is 177 Å². The van der Waals surface area contributed by atoms with Crippen LogP contribution in [-0.2, 0) is 21.3 Å². The first-order valence-corrected chi connectivity index (χ1v) is 11.3. The Hall–Kier alpha value is -3.58. The molecular weight excluding hydrogens is 423 g/mol. The van der Waals surface area contributed by atoms with Gasteiger partial charge in [-0.3, -0.25) is 14.7 Å². The number of anilines is 1. The number of sulfone groups is 1. The van der Waals surface area contributed by atoms with Gasteiger partial charge in [-0.15, -0.1) is 0 Å². The maximum atomic E-state index is 13.1. The monoisotopic (exact) mass is 440 g/mol. The number of carbonyl (C=O) groups is 2. The van der Waals surface area contributed by atoms with E-state index >= 15 is 0 Å². The first-order valence-electron chi connectivity index (χ1n) is 9.36. The van der Waals surface area contributed by atoms with Gasteiger partial charge >= 0.3 is 6.03 Å². The average Bonchev–Trinajstić information content (AvgIpc) is 3.13. The van der Waals surface area contributed by atoms with Gasteiger partial charge in [0.05, 0.1) is 34.0 Å². The number of alkyl halides is 1. The quantitative estimate of drug-likeness (QED) is 0.781. The number of hydrogen-bond acceptors (Lipinski definition) is 6. The van der Waals surface area contributed by atoms with Gasteiger partial charge in [-0.2, -0.15) is 5.26 Å². The summed E-state index contributed by atoms with van der Waals surface area (Å²) in [6.07, 6.45) is 2.84. The van der Waals surface area contributed by atoms with Gasteiger partial charge in [0.15, 0.2) is 15.6 Å². The van der Waals surface area contributed by atoms with Gasteiger partial charge < -0.3 is 5.32 Å². The van der Waals surface area contributed by atoms with Crippen molar-refractivity contribution in [1.82, 2.24) is 10.3 Å². The predicted molar refractivity (Wildman–Crippen MR) is 108 cm³/mol. The molecule has 0 saturated carbocycles. The van der Waals surface area contributed by atoms with E-state index in [1.54, 1.807) is 0 Å².